The van der Waals surface area contributed by atoms with Crippen molar-refractivity contribution in [3.05, 3.63) is 12.2 Å². The van der Waals surface area contributed by atoms with Crippen LogP contribution in [0.25, 0.3) is 0 Å². The van der Waals surface area contributed by atoms with E-state index < -0.39 is 5.97 Å². The van der Waals surface area contributed by atoms with Crippen LogP contribution in [0.4, 0.5) is 0 Å². The molecule has 0 aromatic carbocycles. The molecular weight excluding hydrogens is 224 g/mol. The van der Waals surface area contributed by atoms with Crippen molar-refractivity contribution in [2.45, 2.75) is 77.0 Å². The van der Waals surface area contributed by atoms with Crippen molar-refractivity contribution in [2.24, 2.45) is 5.92 Å². The zero-order valence-corrected chi connectivity index (χ0v) is 11.6. The van der Waals surface area contributed by atoms with E-state index in [1.807, 2.05) is 0 Å². The van der Waals surface area contributed by atoms with E-state index in [4.69, 9.17) is 5.11 Å². The van der Waals surface area contributed by atoms with Gasteiger partial charge in [-0.25, -0.2) is 0 Å². The highest BCUT2D eigenvalue weighted by atomic mass is 16.4. The van der Waals surface area contributed by atoms with Gasteiger partial charge in [0.2, 0.25) is 0 Å². The normalized spacial score (nSPS) is 18.3. The summed E-state index contributed by atoms with van der Waals surface area (Å²) in [6.07, 6.45) is 19.0. The van der Waals surface area contributed by atoms with E-state index in [0.717, 1.165) is 18.8 Å². The van der Waals surface area contributed by atoms with Gasteiger partial charge in [-0.3, -0.25) is 4.79 Å². The highest BCUT2D eigenvalue weighted by molar-refractivity contribution is 5.66. The van der Waals surface area contributed by atoms with Crippen LogP contribution in [0.1, 0.15) is 77.0 Å². The van der Waals surface area contributed by atoms with Gasteiger partial charge in [0, 0.05) is 6.42 Å². The van der Waals surface area contributed by atoms with E-state index in [1.165, 1.54) is 57.8 Å². The fraction of sp³-hybridized carbons (Fsp3) is 0.812. The zero-order chi connectivity index (χ0) is 13.1. The van der Waals surface area contributed by atoms with Gasteiger partial charge in [-0.2, -0.15) is 0 Å². The maximum atomic E-state index is 10.3. The number of hydrogen-bond acceptors (Lipinski definition) is 1. The lowest BCUT2D eigenvalue weighted by molar-refractivity contribution is -0.137. The van der Waals surface area contributed by atoms with E-state index in [9.17, 15) is 4.79 Å². The second-order valence-electron chi connectivity index (χ2n) is 5.53. The van der Waals surface area contributed by atoms with Crippen LogP contribution in [0.15, 0.2) is 12.2 Å². The summed E-state index contributed by atoms with van der Waals surface area (Å²) < 4.78 is 0. The van der Waals surface area contributed by atoms with Crippen molar-refractivity contribution in [3.8, 4) is 0 Å². The molecule has 0 amide bonds. The maximum Gasteiger partial charge on any atom is 0.303 e. The van der Waals surface area contributed by atoms with E-state index in [1.54, 1.807) is 0 Å². The monoisotopic (exact) mass is 252 g/mol. The van der Waals surface area contributed by atoms with Gasteiger partial charge in [-0.1, -0.05) is 57.1 Å². The minimum Gasteiger partial charge on any atom is -0.481 e. The molecule has 0 aromatic heterocycles. The average molecular weight is 252 g/mol. The van der Waals surface area contributed by atoms with Gasteiger partial charge in [0.1, 0.15) is 0 Å². The molecule has 0 spiro atoms. The Labute approximate surface area is 111 Å². The summed E-state index contributed by atoms with van der Waals surface area (Å²) >= 11 is 0. The van der Waals surface area contributed by atoms with Gasteiger partial charge in [0.15, 0.2) is 0 Å². The first kappa shape index (κ1) is 15.3. The number of carboxylic acids is 1. The smallest absolute Gasteiger partial charge is 0.303 e. The molecule has 18 heavy (non-hydrogen) atoms. The first-order valence-electron chi connectivity index (χ1n) is 7.67. The van der Waals surface area contributed by atoms with Gasteiger partial charge >= 0.3 is 5.97 Å². The second-order valence-corrected chi connectivity index (χ2v) is 5.53. The number of carbonyl (C=O) groups is 1. The molecule has 0 unspecified atom stereocenters. The molecule has 0 fully saturated rings. The molecule has 0 saturated heterocycles. The Hall–Kier alpha value is -0.790. The van der Waals surface area contributed by atoms with Crippen LogP contribution in [-0.2, 0) is 4.79 Å². The maximum absolute atomic E-state index is 10.3. The molecule has 2 nitrogen and oxygen atoms in total. The standard InChI is InChI=1S/C16H28O2/c17-16(18)14-8-6-4-2-1-3-5-7-11-15-12-9-10-13-15/h9,12,15H,1-8,10-11,13-14H2,(H,17,18)/t15-/m0/s1. The van der Waals surface area contributed by atoms with Gasteiger partial charge in [0.05, 0.1) is 0 Å². The lowest BCUT2D eigenvalue weighted by atomic mass is 9.99. The molecule has 0 heterocycles. The Morgan fingerprint density at radius 3 is 2.17 bits per heavy atom. The number of unbranched alkanes of at least 4 members (excludes halogenated alkanes) is 7. The fourth-order valence-corrected chi connectivity index (χ4v) is 2.68. The zero-order valence-electron chi connectivity index (χ0n) is 11.6. The SMILES string of the molecule is O=C(O)CCCCCCCCCC[C@H]1C=CCC1. The summed E-state index contributed by atoms with van der Waals surface area (Å²) in [6.45, 7) is 0. The van der Waals surface area contributed by atoms with Crippen LogP contribution in [0, 0.1) is 5.92 Å². The number of aliphatic carboxylic acids is 1. The summed E-state index contributed by atoms with van der Waals surface area (Å²) in [5.74, 6) is 0.219. The van der Waals surface area contributed by atoms with E-state index in [2.05, 4.69) is 12.2 Å². The number of hydrogen-bond donors (Lipinski definition) is 1. The Morgan fingerprint density at radius 2 is 1.61 bits per heavy atom. The molecule has 1 rings (SSSR count). The third-order valence-corrected chi connectivity index (χ3v) is 3.83. The van der Waals surface area contributed by atoms with Crippen LogP contribution in [0.2, 0.25) is 0 Å². The quantitative estimate of drug-likeness (QED) is 0.418. The predicted octanol–water partition coefficient (Wildman–Crippen LogP) is 4.94. The third-order valence-electron chi connectivity index (χ3n) is 3.83. The van der Waals surface area contributed by atoms with Crippen LogP contribution >= 0.6 is 0 Å². The van der Waals surface area contributed by atoms with Crippen molar-refractivity contribution in [2.75, 3.05) is 0 Å². The minimum absolute atomic E-state index is 0.342. The van der Waals surface area contributed by atoms with Crippen molar-refractivity contribution in [1.29, 1.82) is 0 Å². The molecular formula is C16H28O2. The molecule has 2 heteroatoms. The van der Waals surface area contributed by atoms with Crippen LogP contribution in [0.3, 0.4) is 0 Å². The van der Waals surface area contributed by atoms with Crippen LogP contribution < -0.4 is 0 Å². The lowest BCUT2D eigenvalue weighted by Gasteiger charge is -2.06. The number of rotatable bonds is 11. The minimum atomic E-state index is -0.657. The van der Waals surface area contributed by atoms with E-state index in [-0.39, 0.29) is 0 Å². The van der Waals surface area contributed by atoms with Gasteiger partial charge in [-0.15, -0.1) is 0 Å². The topological polar surface area (TPSA) is 37.3 Å². The van der Waals surface area contributed by atoms with Crippen molar-refractivity contribution in [1.82, 2.24) is 0 Å². The number of carboxylic acid groups (broad SMARTS) is 1. The molecule has 104 valence electrons. The summed E-state index contributed by atoms with van der Waals surface area (Å²) in [4.78, 5) is 10.3. The van der Waals surface area contributed by atoms with Crippen molar-refractivity contribution >= 4 is 5.97 Å². The van der Waals surface area contributed by atoms with Gasteiger partial charge in [-0.05, 0) is 31.6 Å². The fourth-order valence-electron chi connectivity index (χ4n) is 2.68. The highest BCUT2D eigenvalue weighted by Crippen LogP contribution is 2.23. The summed E-state index contributed by atoms with van der Waals surface area (Å²) in [5.41, 5.74) is 0. The average Bonchev–Trinajstić information content (AvgIpc) is 2.84. The Balaban J connectivity index is 1.73. The Morgan fingerprint density at radius 1 is 1.00 bits per heavy atom. The van der Waals surface area contributed by atoms with E-state index in [0.29, 0.717) is 6.42 Å². The summed E-state index contributed by atoms with van der Waals surface area (Å²) in [6, 6.07) is 0. The molecule has 1 atom stereocenters. The summed E-state index contributed by atoms with van der Waals surface area (Å²) in [7, 11) is 0. The Kier molecular flexibility index (Phi) is 8.62. The molecule has 1 aliphatic carbocycles. The summed E-state index contributed by atoms with van der Waals surface area (Å²) in [5, 5.41) is 8.50. The van der Waals surface area contributed by atoms with Crippen molar-refractivity contribution < 1.29 is 9.90 Å². The van der Waals surface area contributed by atoms with Gasteiger partial charge in [0.25, 0.3) is 0 Å². The first-order chi connectivity index (χ1) is 8.79. The molecule has 0 aliphatic heterocycles. The van der Waals surface area contributed by atoms with Crippen molar-refractivity contribution in [3.63, 3.8) is 0 Å². The van der Waals surface area contributed by atoms with Crippen LogP contribution in [-0.4, -0.2) is 11.1 Å². The second kappa shape index (κ2) is 10.2. The largest absolute Gasteiger partial charge is 0.481 e. The third kappa shape index (κ3) is 8.32. The van der Waals surface area contributed by atoms with Gasteiger partial charge < -0.3 is 5.11 Å². The Bertz CT molecular complexity index is 245. The molecule has 1 N–H and O–H groups in total. The van der Waals surface area contributed by atoms with E-state index >= 15 is 0 Å². The lowest BCUT2D eigenvalue weighted by Crippen LogP contribution is -1.93. The highest BCUT2D eigenvalue weighted by Gasteiger charge is 2.07. The first-order valence-corrected chi connectivity index (χ1v) is 7.67. The number of allylic oxidation sites excluding steroid dienone is 2. The molecule has 1 aliphatic rings. The molecule has 0 aromatic rings. The predicted molar refractivity (Wildman–Crippen MR) is 75.7 cm³/mol. The van der Waals surface area contributed by atoms with Crippen LogP contribution in [0.5, 0.6) is 0 Å². The molecule has 0 saturated carbocycles. The molecule has 0 radical (unpaired) electrons. The molecule has 0 bridgehead atoms.